The van der Waals surface area contributed by atoms with Gasteiger partial charge in [-0.15, -0.1) is 0 Å². The van der Waals surface area contributed by atoms with Crippen molar-refractivity contribution in [2.75, 3.05) is 14.1 Å². The fourth-order valence-corrected chi connectivity index (χ4v) is 4.41. The first-order chi connectivity index (χ1) is 13.8. The third-order valence-corrected chi connectivity index (χ3v) is 5.46. The lowest BCUT2D eigenvalue weighted by Crippen LogP contribution is -2.32. The Bertz CT molecular complexity index is 1010. The lowest BCUT2D eigenvalue weighted by molar-refractivity contribution is -0.537. The number of rotatable bonds is 3. The first-order valence-electron chi connectivity index (χ1n) is 8.70. The molecule has 0 unspecified atom stereocenters. The molecule has 0 bridgehead atoms. The number of likely N-dealkylation sites (N-methyl/N-ethyl adjacent to an activating group) is 2. The van der Waals surface area contributed by atoms with Crippen molar-refractivity contribution in [2.45, 2.75) is 24.4 Å². The van der Waals surface area contributed by atoms with Gasteiger partial charge in [-0.3, -0.25) is 9.48 Å². The van der Waals surface area contributed by atoms with Crippen LogP contribution in [0.25, 0.3) is 0 Å². The zero-order valence-corrected chi connectivity index (χ0v) is 17.4. The molecule has 0 saturated carbocycles. The highest BCUT2D eigenvalue weighted by molar-refractivity contribution is 8.03. The van der Waals surface area contributed by atoms with Gasteiger partial charge in [0.25, 0.3) is 5.84 Å². The molecule has 0 radical (unpaired) electrons. The Labute approximate surface area is 180 Å². The summed E-state index contributed by atoms with van der Waals surface area (Å²) in [5.41, 5.74) is -1.09. The van der Waals surface area contributed by atoms with Crippen LogP contribution in [0.4, 0.5) is 26.3 Å². The molecule has 0 spiro atoms. The quantitative estimate of drug-likeness (QED) is 0.262. The minimum atomic E-state index is -4.55. The minimum Gasteiger partial charge on any atom is -0.421 e. The van der Waals surface area contributed by atoms with E-state index < -0.39 is 35.6 Å². The van der Waals surface area contributed by atoms with Crippen molar-refractivity contribution in [3.05, 3.63) is 70.8 Å². The van der Waals surface area contributed by atoms with Crippen LogP contribution in [-0.2, 0) is 25.0 Å². The van der Waals surface area contributed by atoms with E-state index in [0.29, 0.717) is 17.0 Å². The second-order valence-electron chi connectivity index (χ2n) is 6.97. The molecule has 1 heterocycles. The highest BCUT2D eigenvalue weighted by Gasteiger charge is 2.46. The summed E-state index contributed by atoms with van der Waals surface area (Å²) >= 11 is 10.2. The maximum Gasteiger partial charge on any atom is 0.416 e. The summed E-state index contributed by atoms with van der Waals surface area (Å²) in [4.78, 5) is 1.62. The largest absolute Gasteiger partial charge is 0.421 e. The predicted molar refractivity (Wildman–Crippen MR) is 107 cm³/mol. The Kier molecular flexibility index (Phi) is 5.85. The topological polar surface area (TPSA) is 6.25 Å². The van der Waals surface area contributed by atoms with E-state index in [9.17, 15) is 26.3 Å². The number of hydrogen-bond acceptors (Lipinski definition) is 3. The lowest BCUT2D eigenvalue weighted by Gasteiger charge is -2.23. The summed E-state index contributed by atoms with van der Waals surface area (Å²) in [5, 5.41) is 0. The van der Waals surface area contributed by atoms with E-state index in [-0.39, 0.29) is 4.20 Å². The molecule has 10 heteroatoms. The molecule has 2 nitrogen and oxygen atoms in total. The van der Waals surface area contributed by atoms with Gasteiger partial charge < -0.3 is 24.8 Å². The van der Waals surface area contributed by atoms with Crippen molar-refractivity contribution in [1.29, 1.82) is 0 Å². The van der Waals surface area contributed by atoms with Crippen LogP contribution in [0, 0.1) is 0 Å². The van der Waals surface area contributed by atoms with E-state index in [0.717, 1.165) is 24.3 Å². The molecular formula is C20H16F6N2S2. The van der Waals surface area contributed by atoms with Gasteiger partial charge in [0.2, 0.25) is 0 Å². The second-order valence-corrected chi connectivity index (χ2v) is 8.04. The van der Waals surface area contributed by atoms with Crippen LogP contribution in [-0.4, -0.2) is 33.6 Å². The Morgan fingerprint density at radius 2 is 1.40 bits per heavy atom. The maximum absolute atomic E-state index is 13.2. The van der Waals surface area contributed by atoms with Gasteiger partial charge in [-0.05, 0) is 28.5 Å². The molecule has 1 aliphatic rings. The van der Waals surface area contributed by atoms with Gasteiger partial charge in [-0.25, -0.2) is 0 Å². The molecule has 0 saturated heterocycles. The average Bonchev–Trinajstić information content (AvgIpc) is 2.91. The van der Waals surface area contributed by atoms with Crippen LogP contribution in [0.5, 0.6) is 0 Å². The third kappa shape index (κ3) is 4.15. The van der Waals surface area contributed by atoms with Crippen molar-refractivity contribution in [3.63, 3.8) is 0 Å². The summed E-state index contributed by atoms with van der Waals surface area (Å²) in [7, 11) is 3.23. The number of amidine groups is 1. The van der Waals surface area contributed by atoms with Crippen molar-refractivity contribution in [1.82, 2.24) is 4.90 Å². The van der Waals surface area contributed by atoms with E-state index in [2.05, 4.69) is 0 Å². The average molecular weight is 462 g/mol. The first-order valence-corrected chi connectivity index (χ1v) is 9.52. The van der Waals surface area contributed by atoms with Gasteiger partial charge in [0.15, 0.2) is 12.1 Å². The summed E-state index contributed by atoms with van der Waals surface area (Å²) in [6, 6.07) is 8.04. The fourth-order valence-electron chi connectivity index (χ4n) is 3.83. The molecular weight excluding hydrogens is 446 g/mol. The van der Waals surface area contributed by atoms with Crippen molar-refractivity contribution in [2.24, 2.45) is 0 Å². The zero-order chi connectivity index (χ0) is 22.4. The van der Waals surface area contributed by atoms with Gasteiger partial charge in [-0.1, -0.05) is 24.3 Å². The molecule has 1 aliphatic heterocycles. The van der Waals surface area contributed by atoms with Crippen LogP contribution >= 0.6 is 12.2 Å². The highest BCUT2D eigenvalue weighted by Crippen LogP contribution is 2.43. The standard InChI is InChI=1S/C20H16F6N2S2/c1-27-15(11-5-3-7-13(9-11)19(21,22)23)16(28(2)17(27)18(29)30)12-6-4-8-14(10-12)20(24,25)26/h3-10,15-16H,1-2H3/t15-,16-/m1/s1. The summed E-state index contributed by atoms with van der Waals surface area (Å²) in [6.07, 6.45) is -9.10. The van der Waals surface area contributed by atoms with Crippen LogP contribution in [0.1, 0.15) is 34.3 Å². The molecule has 0 amide bonds. The monoisotopic (exact) mass is 462 g/mol. The van der Waals surface area contributed by atoms with Gasteiger partial charge in [-0.2, -0.15) is 26.3 Å². The van der Waals surface area contributed by atoms with Gasteiger partial charge >= 0.3 is 12.4 Å². The predicted octanol–water partition coefficient (Wildman–Crippen LogP) is 5.37. The molecule has 0 aliphatic carbocycles. The van der Waals surface area contributed by atoms with E-state index in [1.807, 2.05) is 0 Å². The summed E-state index contributed by atoms with van der Waals surface area (Å²) < 4.78 is 81.2. The van der Waals surface area contributed by atoms with E-state index in [1.165, 1.54) is 24.3 Å². The SMILES string of the molecule is CN1C(C(=S)[S-])=[N+](C)[C@H](c2cccc(C(F)(F)F)c2)[C@H]1c1cccc(C(F)(F)F)c1. The maximum atomic E-state index is 13.2. The number of hydrogen-bond donors (Lipinski definition) is 0. The van der Waals surface area contributed by atoms with Crippen LogP contribution < -0.4 is 0 Å². The lowest BCUT2D eigenvalue weighted by atomic mass is 9.91. The van der Waals surface area contributed by atoms with E-state index in [1.54, 1.807) is 23.6 Å². The number of halogens is 6. The Morgan fingerprint density at radius 3 is 1.87 bits per heavy atom. The Balaban J connectivity index is 2.19. The Hall–Kier alpha value is -2.20. The Morgan fingerprint density at radius 1 is 0.933 bits per heavy atom. The van der Waals surface area contributed by atoms with Crippen LogP contribution in [0.3, 0.4) is 0 Å². The molecule has 2 aromatic rings. The third-order valence-electron chi connectivity index (χ3n) is 5.10. The smallest absolute Gasteiger partial charge is 0.416 e. The minimum absolute atomic E-state index is 0.0754. The van der Waals surface area contributed by atoms with Gasteiger partial charge in [0.05, 0.1) is 25.2 Å². The number of alkyl halides is 6. The highest BCUT2D eigenvalue weighted by atomic mass is 32.1. The molecule has 30 heavy (non-hydrogen) atoms. The number of nitrogens with zero attached hydrogens (tertiary/aromatic N) is 2. The normalized spacial score (nSPS) is 20.1. The molecule has 0 aromatic heterocycles. The number of benzene rings is 2. The zero-order valence-electron chi connectivity index (χ0n) is 15.8. The van der Waals surface area contributed by atoms with Crippen molar-refractivity contribution in [3.8, 4) is 0 Å². The molecule has 160 valence electrons. The molecule has 2 aromatic carbocycles. The summed E-state index contributed by atoms with van der Waals surface area (Å²) in [6.45, 7) is 0. The first kappa shape index (κ1) is 22.5. The van der Waals surface area contributed by atoms with Crippen molar-refractivity contribution < 1.29 is 30.9 Å². The second kappa shape index (κ2) is 7.81. The number of thiocarbonyl (C=S) groups is 1. The molecule has 0 fully saturated rings. The van der Waals surface area contributed by atoms with Crippen molar-refractivity contribution >= 4 is 34.9 Å². The summed E-state index contributed by atoms with van der Waals surface area (Å²) in [5.74, 6) is 0.393. The molecule has 2 atom stereocenters. The van der Waals surface area contributed by atoms with Gasteiger partial charge in [0.1, 0.15) is 0 Å². The van der Waals surface area contributed by atoms with E-state index >= 15 is 0 Å². The van der Waals surface area contributed by atoms with Crippen LogP contribution in [0.2, 0.25) is 0 Å². The van der Waals surface area contributed by atoms with E-state index in [4.69, 9.17) is 24.8 Å². The van der Waals surface area contributed by atoms with Gasteiger partial charge in [0, 0.05) is 11.1 Å². The van der Waals surface area contributed by atoms with Crippen LogP contribution in [0.15, 0.2) is 48.5 Å². The molecule has 3 rings (SSSR count). The molecule has 0 N–H and O–H groups in total. The fraction of sp³-hybridized carbons (Fsp3) is 0.300.